The smallest absolute Gasteiger partial charge is 0.254 e. The molecule has 0 aromatic heterocycles. The summed E-state index contributed by atoms with van der Waals surface area (Å²) in [6.45, 7) is 3.51. The van der Waals surface area contributed by atoms with Crippen LogP contribution >= 0.6 is 0 Å². The quantitative estimate of drug-likeness (QED) is 0.793. The van der Waals surface area contributed by atoms with Gasteiger partial charge in [0.15, 0.2) is 11.5 Å². The maximum Gasteiger partial charge on any atom is 0.254 e. The van der Waals surface area contributed by atoms with E-state index < -0.39 is 0 Å². The summed E-state index contributed by atoms with van der Waals surface area (Å²) in [5.41, 5.74) is 0.581. The molecular formula is C21H30N2O4. The van der Waals surface area contributed by atoms with Crippen LogP contribution in [0.2, 0.25) is 0 Å². The molecule has 2 saturated carbocycles. The summed E-state index contributed by atoms with van der Waals surface area (Å²) in [4.78, 5) is 17.6. The third-order valence-electron chi connectivity index (χ3n) is 6.68. The van der Waals surface area contributed by atoms with E-state index in [1.165, 1.54) is 25.7 Å². The van der Waals surface area contributed by atoms with Gasteiger partial charge in [0.25, 0.3) is 5.91 Å². The molecule has 148 valence electrons. The molecule has 27 heavy (non-hydrogen) atoms. The van der Waals surface area contributed by atoms with Crippen LogP contribution in [0, 0.1) is 11.8 Å². The molecule has 1 aromatic rings. The molecule has 4 rings (SSSR count). The third-order valence-corrected chi connectivity index (χ3v) is 6.68. The second-order valence-electron chi connectivity index (χ2n) is 7.98. The number of carbonyl (C=O) groups is 1. The van der Waals surface area contributed by atoms with Crippen molar-refractivity contribution >= 4 is 5.91 Å². The van der Waals surface area contributed by atoms with Gasteiger partial charge in [-0.3, -0.25) is 9.69 Å². The zero-order valence-corrected chi connectivity index (χ0v) is 16.6. The fourth-order valence-corrected chi connectivity index (χ4v) is 5.30. The fourth-order valence-electron chi connectivity index (χ4n) is 5.30. The number of hydrogen-bond donors (Lipinski definition) is 0. The Morgan fingerprint density at radius 2 is 1.59 bits per heavy atom. The average molecular weight is 374 g/mol. The van der Waals surface area contributed by atoms with Gasteiger partial charge in [0.1, 0.15) is 0 Å². The van der Waals surface area contributed by atoms with Crippen molar-refractivity contribution in [3.05, 3.63) is 17.7 Å². The van der Waals surface area contributed by atoms with Crippen molar-refractivity contribution in [3.8, 4) is 17.2 Å². The van der Waals surface area contributed by atoms with Gasteiger partial charge in [-0.2, -0.15) is 0 Å². The Hall–Kier alpha value is -1.95. The van der Waals surface area contributed by atoms with E-state index >= 15 is 0 Å². The molecule has 3 atom stereocenters. The molecule has 1 saturated heterocycles. The second kappa shape index (κ2) is 7.58. The van der Waals surface area contributed by atoms with Crippen LogP contribution in [0.4, 0.5) is 0 Å². The molecule has 2 aliphatic carbocycles. The number of nitrogens with zero attached hydrogens (tertiary/aromatic N) is 2. The van der Waals surface area contributed by atoms with Gasteiger partial charge in [0.2, 0.25) is 5.75 Å². The monoisotopic (exact) mass is 374 g/mol. The number of fused-ring (bicyclic) bond motifs is 2. The van der Waals surface area contributed by atoms with E-state index in [0.717, 1.165) is 44.1 Å². The third kappa shape index (κ3) is 3.35. The zero-order chi connectivity index (χ0) is 19.0. The first-order chi connectivity index (χ1) is 13.1. The summed E-state index contributed by atoms with van der Waals surface area (Å²) in [5, 5.41) is 0. The van der Waals surface area contributed by atoms with Gasteiger partial charge in [0, 0.05) is 37.8 Å². The van der Waals surface area contributed by atoms with Crippen LogP contribution in [0.3, 0.4) is 0 Å². The van der Waals surface area contributed by atoms with E-state index in [4.69, 9.17) is 14.2 Å². The summed E-state index contributed by atoms with van der Waals surface area (Å²) in [6, 6.07) is 4.24. The summed E-state index contributed by atoms with van der Waals surface area (Å²) in [6.07, 6.45) is 5.63. The van der Waals surface area contributed by atoms with Crippen molar-refractivity contribution < 1.29 is 19.0 Å². The van der Waals surface area contributed by atoms with E-state index in [2.05, 4.69) is 4.90 Å². The van der Waals surface area contributed by atoms with Gasteiger partial charge in [-0.15, -0.1) is 0 Å². The number of methoxy groups -OCH3 is 3. The summed E-state index contributed by atoms with van der Waals surface area (Å²) in [5.74, 6) is 3.42. The Morgan fingerprint density at radius 3 is 2.07 bits per heavy atom. The Bertz CT molecular complexity index is 674. The predicted molar refractivity (Wildman–Crippen MR) is 103 cm³/mol. The van der Waals surface area contributed by atoms with E-state index in [-0.39, 0.29) is 5.91 Å². The average Bonchev–Trinajstić information content (AvgIpc) is 3.35. The van der Waals surface area contributed by atoms with Crippen LogP contribution in [0.15, 0.2) is 12.1 Å². The normalized spacial score (nSPS) is 27.7. The maximum atomic E-state index is 13.0. The van der Waals surface area contributed by atoms with E-state index in [1.807, 2.05) is 4.90 Å². The SMILES string of the molecule is COc1cc(C(=O)N2CCN([C@@H]3C[C@H]4CC[C@@H]3C4)CC2)cc(OC)c1OC. The van der Waals surface area contributed by atoms with E-state index in [1.54, 1.807) is 33.5 Å². The Labute approximate surface area is 161 Å². The van der Waals surface area contributed by atoms with Crippen molar-refractivity contribution in [1.29, 1.82) is 0 Å². The fraction of sp³-hybridized carbons (Fsp3) is 0.667. The molecule has 2 bridgehead atoms. The zero-order valence-electron chi connectivity index (χ0n) is 16.6. The summed E-state index contributed by atoms with van der Waals surface area (Å²) >= 11 is 0. The largest absolute Gasteiger partial charge is 0.493 e. The van der Waals surface area contributed by atoms with Crippen molar-refractivity contribution in [2.45, 2.75) is 31.7 Å². The van der Waals surface area contributed by atoms with Crippen LogP contribution in [0.5, 0.6) is 17.2 Å². The lowest BCUT2D eigenvalue weighted by Gasteiger charge is -2.41. The molecule has 1 amide bonds. The van der Waals surface area contributed by atoms with Crippen LogP contribution < -0.4 is 14.2 Å². The summed E-state index contributed by atoms with van der Waals surface area (Å²) < 4.78 is 16.1. The van der Waals surface area contributed by atoms with Gasteiger partial charge >= 0.3 is 0 Å². The topological polar surface area (TPSA) is 51.2 Å². The number of piperazine rings is 1. The number of amides is 1. The van der Waals surface area contributed by atoms with Gasteiger partial charge in [-0.05, 0) is 43.2 Å². The van der Waals surface area contributed by atoms with Crippen molar-refractivity contribution in [2.75, 3.05) is 47.5 Å². The molecule has 0 N–H and O–H groups in total. The first-order valence-electron chi connectivity index (χ1n) is 9.98. The molecule has 3 fully saturated rings. The molecular weight excluding hydrogens is 344 g/mol. The predicted octanol–water partition coefficient (Wildman–Crippen LogP) is 2.66. The number of rotatable bonds is 5. The molecule has 1 heterocycles. The number of carbonyl (C=O) groups excluding carboxylic acids is 1. The second-order valence-corrected chi connectivity index (χ2v) is 7.98. The highest BCUT2D eigenvalue weighted by atomic mass is 16.5. The standard InChI is InChI=1S/C21H30N2O4/c1-25-18-12-16(13-19(26-2)20(18)27-3)21(24)23-8-6-22(7-9-23)17-11-14-4-5-15(17)10-14/h12-15,17H,4-11H2,1-3H3/t14-,15+,17+/m0/s1. The Balaban J connectivity index is 1.43. The highest BCUT2D eigenvalue weighted by Gasteiger charge is 2.43. The molecule has 3 aliphatic rings. The number of hydrogen-bond acceptors (Lipinski definition) is 5. The van der Waals surface area contributed by atoms with Gasteiger partial charge in [-0.25, -0.2) is 0 Å². The lowest BCUT2D eigenvalue weighted by atomic mass is 9.93. The summed E-state index contributed by atoms with van der Waals surface area (Å²) in [7, 11) is 4.70. The van der Waals surface area contributed by atoms with Crippen LogP contribution in [-0.2, 0) is 0 Å². The minimum atomic E-state index is 0.0295. The lowest BCUT2D eigenvalue weighted by Crippen LogP contribution is -2.53. The Kier molecular flexibility index (Phi) is 5.17. The minimum absolute atomic E-state index is 0.0295. The Morgan fingerprint density at radius 1 is 0.926 bits per heavy atom. The van der Waals surface area contributed by atoms with Crippen LogP contribution in [-0.4, -0.2) is 69.3 Å². The molecule has 1 aromatic carbocycles. The molecule has 0 radical (unpaired) electrons. The van der Waals surface area contributed by atoms with Crippen molar-refractivity contribution in [2.24, 2.45) is 11.8 Å². The number of ether oxygens (including phenoxy) is 3. The first kappa shape index (κ1) is 18.4. The first-order valence-corrected chi connectivity index (χ1v) is 9.98. The molecule has 6 heteroatoms. The lowest BCUT2D eigenvalue weighted by molar-refractivity contribution is 0.0495. The van der Waals surface area contributed by atoms with E-state index in [0.29, 0.717) is 22.8 Å². The highest BCUT2D eigenvalue weighted by molar-refractivity contribution is 5.95. The maximum absolute atomic E-state index is 13.0. The molecule has 0 spiro atoms. The molecule has 6 nitrogen and oxygen atoms in total. The number of benzene rings is 1. The van der Waals surface area contributed by atoms with Gasteiger partial charge in [0.05, 0.1) is 21.3 Å². The van der Waals surface area contributed by atoms with Crippen molar-refractivity contribution in [1.82, 2.24) is 9.80 Å². The van der Waals surface area contributed by atoms with Crippen molar-refractivity contribution in [3.63, 3.8) is 0 Å². The molecule has 0 unspecified atom stereocenters. The van der Waals surface area contributed by atoms with E-state index in [9.17, 15) is 4.79 Å². The van der Waals surface area contributed by atoms with Crippen LogP contribution in [0.1, 0.15) is 36.0 Å². The minimum Gasteiger partial charge on any atom is -0.493 e. The van der Waals surface area contributed by atoms with Gasteiger partial charge < -0.3 is 19.1 Å². The van der Waals surface area contributed by atoms with Gasteiger partial charge in [-0.1, -0.05) is 6.42 Å². The highest BCUT2D eigenvalue weighted by Crippen LogP contribution is 2.46. The van der Waals surface area contributed by atoms with Crippen LogP contribution in [0.25, 0.3) is 0 Å². The molecule has 1 aliphatic heterocycles.